The van der Waals surface area contributed by atoms with Gasteiger partial charge in [0, 0.05) is 0 Å². The summed E-state index contributed by atoms with van der Waals surface area (Å²) in [6.45, 7) is 0.305. The van der Waals surface area contributed by atoms with E-state index in [1.54, 1.807) is 0 Å². The van der Waals surface area contributed by atoms with E-state index in [2.05, 4.69) is 4.74 Å². The molecule has 0 spiro atoms. The van der Waals surface area contributed by atoms with E-state index in [0.717, 1.165) is 0 Å². The molecular formula is C8H9F9O. The Morgan fingerprint density at radius 1 is 0.778 bits per heavy atom. The molecule has 1 nitrogen and oxygen atoms in total. The molecule has 10 heteroatoms. The van der Waals surface area contributed by atoms with Gasteiger partial charge < -0.3 is 4.74 Å². The van der Waals surface area contributed by atoms with Crippen molar-refractivity contribution in [1.29, 1.82) is 0 Å². The van der Waals surface area contributed by atoms with E-state index in [4.69, 9.17) is 0 Å². The third-order valence-corrected chi connectivity index (χ3v) is 1.96. The Labute approximate surface area is 95.9 Å². The van der Waals surface area contributed by atoms with E-state index in [1.165, 1.54) is 6.92 Å². The molecule has 0 aliphatic rings. The number of hydrogen-bond donors (Lipinski definition) is 0. The second-order valence-electron chi connectivity index (χ2n) is 3.37. The van der Waals surface area contributed by atoms with E-state index < -0.39 is 30.7 Å². The monoisotopic (exact) mass is 292 g/mol. The van der Waals surface area contributed by atoms with Crippen LogP contribution in [-0.4, -0.2) is 30.7 Å². The van der Waals surface area contributed by atoms with Crippen LogP contribution in [0.15, 0.2) is 0 Å². The minimum atomic E-state index is -6.85. The summed E-state index contributed by atoms with van der Waals surface area (Å²) in [5.74, 6) is 0. The molecule has 0 fully saturated rings. The van der Waals surface area contributed by atoms with Gasteiger partial charge in [-0.1, -0.05) is 13.3 Å². The van der Waals surface area contributed by atoms with Crippen LogP contribution in [0.4, 0.5) is 39.5 Å². The number of alkyl halides is 9. The third kappa shape index (κ3) is 3.01. The lowest BCUT2D eigenvalue weighted by atomic mass is 10.0. The lowest BCUT2D eigenvalue weighted by Gasteiger charge is -2.35. The molecule has 0 aromatic rings. The molecule has 0 rings (SSSR count). The Hall–Kier alpha value is -0.670. The van der Waals surface area contributed by atoms with Crippen LogP contribution in [0.1, 0.15) is 19.8 Å². The first-order chi connectivity index (χ1) is 7.81. The molecule has 110 valence electrons. The maximum absolute atomic E-state index is 12.9. The summed E-state index contributed by atoms with van der Waals surface area (Å²) in [4.78, 5) is 0. The van der Waals surface area contributed by atoms with Crippen molar-refractivity contribution in [2.24, 2.45) is 0 Å². The Morgan fingerprint density at radius 2 is 1.17 bits per heavy atom. The summed E-state index contributed by atoms with van der Waals surface area (Å²) < 4.78 is 113. The van der Waals surface area contributed by atoms with Crippen molar-refractivity contribution in [2.75, 3.05) is 6.61 Å². The van der Waals surface area contributed by atoms with Crippen LogP contribution >= 0.6 is 0 Å². The molecule has 0 aliphatic heterocycles. The number of hydrogen-bond acceptors (Lipinski definition) is 1. The molecule has 0 unspecified atom stereocenters. The average Bonchev–Trinajstić information content (AvgIpc) is 2.12. The van der Waals surface area contributed by atoms with Gasteiger partial charge in [-0.15, -0.1) is 0 Å². The lowest BCUT2D eigenvalue weighted by Crippen LogP contribution is -2.65. The fourth-order valence-electron chi connectivity index (χ4n) is 0.935. The maximum atomic E-state index is 12.9. The van der Waals surface area contributed by atoms with Crippen LogP contribution in [0.2, 0.25) is 0 Å². The largest absolute Gasteiger partial charge is 0.440 e. The Balaban J connectivity index is 5.34. The van der Waals surface area contributed by atoms with Gasteiger partial charge in [0.15, 0.2) is 0 Å². The summed E-state index contributed by atoms with van der Waals surface area (Å²) >= 11 is 0. The fourth-order valence-corrected chi connectivity index (χ4v) is 0.935. The van der Waals surface area contributed by atoms with Gasteiger partial charge in [0.25, 0.3) is 0 Å². The summed E-state index contributed by atoms with van der Waals surface area (Å²) in [5.41, 5.74) is -6.74. The molecule has 0 aromatic heterocycles. The highest BCUT2D eigenvalue weighted by molar-refractivity contribution is 5.01. The zero-order valence-corrected chi connectivity index (χ0v) is 8.93. The number of ether oxygens (including phenoxy) is 1. The van der Waals surface area contributed by atoms with E-state index >= 15 is 0 Å². The normalized spacial score (nSPS) is 15.0. The number of rotatable bonds is 5. The SMILES string of the molecule is CCCCOC(F)(F)C(F)(C(F)(F)F)C(F)(F)F. The zero-order valence-electron chi connectivity index (χ0n) is 8.93. The topological polar surface area (TPSA) is 9.23 Å². The van der Waals surface area contributed by atoms with Gasteiger partial charge in [-0.2, -0.15) is 35.1 Å². The molecule has 0 bridgehead atoms. The molecular weight excluding hydrogens is 283 g/mol. The average molecular weight is 292 g/mol. The van der Waals surface area contributed by atoms with Gasteiger partial charge in [-0.25, -0.2) is 4.39 Å². The van der Waals surface area contributed by atoms with Crippen molar-refractivity contribution in [2.45, 2.75) is 43.9 Å². The Morgan fingerprint density at radius 3 is 1.44 bits per heavy atom. The lowest BCUT2D eigenvalue weighted by molar-refractivity contribution is -0.449. The van der Waals surface area contributed by atoms with Crippen molar-refractivity contribution >= 4 is 0 Å². The van der Waals surface area contributed by atoms with Gasteiger partial charge in [0.05, 0.1) is 6.61 Å². The van der Waals surface area contributed by atoms with Gasteiger partial charge in [-0.3, -0.25) is 0 Å². The molecule has 0 saturated heterocycles. The second kappa shape index (κ2) is 5.14. The van der Waals surface area contributed by atoms with Gasteiger partial charge >= 0.3 is 24.1 Å². The van der Waals surface area contributed by atoms with Crippen LogP contribution < -0.4 is 0 Å². The molecule has 0 heterocycles. The van der Waals surface area contributed by atoms with E-state index in [9.17, 15) is 39.5 Å². The van der Waals surface area contributed by atoms with Crippen LogP contribution in [0.25, 0.3) is 0 Å². The minimum Gasteiger partial charge on any atom is -0.317 e. The zero-order chi connectivity index (χ0) is 14.8. The molecule has 0 amide bonds. The quantitative estimate of drug-likeness (QED) is 0.544. The molecule has 18 heavy (non-hydrogen) atoms. The highest BCUT2D eigenvalue weighted by atomic mass is 19.4. The molecule has 0 saturated carbocycles. The molecule has 0 radical (unpaired) electrons. The molecule has 0 atom stereocenters. The van der Waals surface area contributed by atoms with Crippen molar-refractivity contribution in [1.82, 2.24) is 0 Å². The maximum Gasteiger partial charge on any atom is 0.440 e. The first-order valence-corrected chi connectivity index (χ1v) is 4.65. The second-order valence-corrected chi connectivity index (χ2v) is 3.37. The van der Waals surface area contributed by atoms with Crippen molar-refractivity contribution < 1.29 is 44.3 Å². The first kappa shape index (κ1) is 17.3. The number of unbranched alkanes of at least 4 members (excludes halogenated alkanes) is 1. The van der Waals surface area contributed by atoms with Crippen LogP contribution in [0.3, 0.4) is 0 Å². The highest BCUT2D eigenvalue weighted by Gasteiger charge is 2.85. The highest BCUT2D eigenvalue weighted by Crippen LogP contribution is 2.54. The molecule has 0 aliphatic carbocycles. The molecule has 0 aromatic carbocycles. The van der Waals surface area contributed by atoms with Crippen molar-refractivity contribution in [3.63, 3.8) is 0 Å². The summed E-state index contributed by atoms with van der Waals surface area (Å²) in [6, 6.07) is 0. The third-order valence-electron chi connectivity index (χ3n) is 1.96. The van der Waals surface area contributed by atoms with Gasteiger partial charge in [0.2, 0.25) is 0 Å². The Bertz CT molecular complexity index is 253. The van der Waals surface area contributed by atoms with Gasteiger partial charge in [0.1, 0.15) is 0 Å². The standard InChI is InChI=1S/C8H9F9O/c1-2-3-4-18-8(16,17)5(9,6(10,11)12)7(13,14)15/h2-4H2,1H3. The minimum absolute atomic E-state index is 0.174. The summed E-state index contributed by atoms with van der Waals surface area (Å²) in [5, 5.41) is 0. The fraction of sp³-hybridized carbons (Fsp3) is 1.00. The van der Waals surface area contributed by atoms with Crippen LogP contribution in [-0.2, 0) is 4.74 Å². The van der Waals surface area contributed by atoms with Gasteiger partial charge in [-0.05, 0) is 6.42 Å². The predicted octanol–water partition coefficient (Wildman–Crippen LogP) is 4.23. The predicted molar refractivity (Wildman–Crippen MR) is 41.8 cm³/mol. The summed E-state index contributed by atoms with van der Waals surface area (Å²) in [7, 11) is 0. The summed E-state index contributed by atoms with van der Waals surface area (Å²) in [6.07, 6.45) is -19.8. The molecule has 0 N–H and O–H groups in total. The van der Waals surface area contributed by atoms with Crippen molar-refractivity contribution in [3.05, 3.63) is 0 Å². The van der Waals surface area contributed by atoms with E-state index in [0.29, 0.717) is 0 Å². The first-order valence-electron chi connectivity index (χ1n) is 4.65. The van der Waals surface area contributed by atoms with Crippen LogP contribution in [0, 0.1) is 0 Å². The van der Waals surface area contributed by atoms with E-state index in [1.807, 2.05) is 0 Å². The van der Waals surface area contributed by atoms with E-state index in [-0.39, 0.29) is 12.8 Å². The smallest absolute Gasteiger partial charge is 0.317 e. The van der Waals surface area contributed by atoms with Crippen LogP contribution in [0.5, 0.6) is 0 Å². The Kier molecular flexibility index (Phi) is 4.95. The van der Waals surface area contributed by atoms with Crippen molar-refractivity contribution in [3.8, 4) is 0 Å². The number of halogens is 9.